The van der Waals surface area contributed by atoms with Gasteiger partial charge in [0.1, 0.15) is 5.75 Å². The number of carboxylic acid groups (broad SMARTS) is 1. The van der Waals surface area contributed by atoms with E-state index in [0.717, 1.165) is 19.3 Å². The van der Waals surface area contributed by atoms with Crippen LogP contribution in [-0.4, -0.2) is 17.7 Å². The maximum Gasteiger partial charge on any atom is 0.416 e. The molecule has 0 saturated carbocycles. The minimum absolute atomic E-state index is 0.00767. The Balaban J connectivity index is 2.46. The van der Waals surface area contributed by atoms with Crippen molar-refractivity contribution in [3.8, 4) is 5.75 Å². The van der Waals surface area contributed by atoms with Crippen molar-refractivity contribution in [2.45, 2.75) is 57.3 Å². The maximum absolute atomic E-state index is 12.7. The van der Waals surface area contributed by atoms with Crippen molar-refractivity contribution in [2.24, 2.45) is 0 Å². The number of aliphatic carboxylic acids is 1. The summed E-state index contributed by atoms with van der Waals surface area (Å²) in [6, 6.07) is 1.17. The summed E-state index contributed by atoms with van der Waals surface area (Å²) in [5.41, 5.74) is -2.80. The second-order valence-corrected chi connectivity index (χ2v) is 5.86. The molecule has 1 aromatic carbocycles. The van der Waals surface area contributed by atoms with E-state index in [1.807, 2.05) is 0 Å². The lowest BCUT2D eigenvalue weighted by molar-refractivity contribution is -0.143. The first kappa shape index (κ1) is 22.1. The molecule has 0 atom stereocenters. The van der Waals surface area contributed by atoms with Gasteiger partial charge in [0.15, 0.2) is 0 Å². The lowest BCUT2D eigenvalue weighted by Gasteiger charge is -2.14. The van der Waals surface area contributed by atoms with Crippen molar-refractivity contribution < 1.29 is 41.0 Å². The minimum Gasteiger partial charge on any atom is -0.494 e. The second kappa shape index (κ2) is 9.68. The zero-order valence-electron chi connectivity index (χ0n) is 13.9. The van der Waals surface area contributed by atoms with Crippen LogP contribution < -0.4 is 4.74 Å². The zero-order chi connectivity index (χ0) is 19.8. The van der Waals surface area contributed by atoms with Crippen LogP contribution in [0.3, 0.4) is 0 Å². The van der Waals surface area contributed by atoms with Gasteiger partial charge >= 0.3 is 18.3 Å². The molecule has 0 heterocycles. The fourth-order valence-electron chi connectivity index (χ4n) is 2.29. The Morgan fingerprint density at radius 2 is 1.27 bits per heavy atom. The molecule has 0 aliphatic heterocycles. The van der Waals surface area contributed by atoms with Gasteiger partial charge in [-0.3, -0.25) is 4.79 Å². The van der Waals surface area contributed by atoms with Gasteiger partial charge in [-0.05, 0) is 31.0 Å². The van der Waals surface area contributed by atoms with Gasteiger partial charge < -0.3 is 9.84 Å². The van der Waals surface area contributed by atoms with E-state index in [9.17, 15) is 31.1 Å². The van der Waals surface area contributed by atoms with E-state index in [1.54, 1.807) is 0 Å². The lowest BCUT2D eigenvalue weighted by Crippen LogP contribution is -2.11. The molecule has 9 heteroatoms. The first-order chi connectivity index (χ1) is 12.0. The summed E-state index contributed by atoms with van der Waals surface area (Å²) < 4.78 is 81.4. The quantitative estimate of drug-likeness (QED) is 0.401. The zero-order valence-corrected chi connectivity index (χ0v) is 13.9. The monoisotopic (exact) mass is 386 g/mol. The first-order valence-electron chi connectivity index (χ1n) is 8.14. The molecule has 26 heavy (non-hydrogen) atoms. The summed E-state index contributed by atoms with van der Waals surface area (Å²) >= 11 is 0. The summed E-state index contributed by atoms with van der Waals surface area (Å²) in [6.45, 7) is 0.00767. The molecule has 1 N–H and O–H groups in total. The normalized spacial score (nSPS) is 12.2. The molecule has 0 radical (unpaired) electrons. The number of carboxylic acids is 1. The minimum atomic E-state index is -4.89. The van der Waals surface area contributed by atoms with Crippen LogP contribution in [0.2, 0.25) is 0 Å². The van der Waals surface area contributed by atoms with E-state index in [4.69, 9.17) is 9.84 Å². The van der Waals surface area contributed by atoms with Gasteiger partial charge in [-0.2, -0.15) is 26.3 Å². The number of hydrogen-bond donors (Lipinski definition) is 1. The Morgan fingerprint density at radius 3 is 1.73 bits per heavy atom. The molecule has 3 nitrogen and oxygen atoms in total. The Kier molecular flexibility index (Phi) is 8.23. The van der Waals surface area contributed by atoms with E-state index in [0.29, 0.717) is 31.4 Å². The van der Waals surface area contributed by atoms with Gasteiger partial charge in [-0.15, -0.1) is 0 Å². The number of alkyl halides is 6. The Hall–Kier alpha value is -1.93. The van der Waals surface area contributed by atoms with Crippen molar-refractivity contribution in [1.29, 1.82) is 0 Å². The van der Waals surface area contributed by atoms with Gasteiger partial charge in [0.25, 0.3) is 0 Å². The van der Waals surface area contributed by atoms with Crippen molar-refractivity contribution in [3.05, 3.63) is 29.3 Å². The van der Waals surface area contributed by atoms with E-state index < -0.39 is 35.2 Å². The number of halogens is 6. The van der Waals surface area contributed by atoms with Crippen LogP contribution in [0.1, 0.15) is 56.1 Å². The van der Waals surface area contributed by atoms with Gasteiger partial charge in [-0.1, -0.05) is 25.7 Å². The molecule has 0 saturated heterocycles. The molecular weight excluding hydrogens is 366 g/mol. The van der Waals surface area contributed by atoms with Crippen LogP contribution in [0.25, 0.3) is 0 Å². The third-order valence-electron chi connectivity index (χ3n) is 3.61. The van der Waals surface area contributed by atoms with Crippen LogP contribution in [0.5, 0.6) is 5.75 Å². The lowest BCUT2D eigenvalue weighted by atomic mass is 10.1. The number of carbonyl (C=O) groups is 1. The van der Waals surface area contributed by atoms with Gasteiger partial charge in [0.05, 0.1) is 17.7 Å². The van der Waals surface area contributed by atoms with Gasteiger partial charge in [0, 0.05) is 6.42 Å². The average molecular weight is 386 g/mol. The largest absolute Gasteiger partial charge is 0.494 e. The van der Waals surface area contributed by atoms with E-state index in [2.05, 4.69) is 0 Å². The van der Waals surface area contributed by atoms with Gasteiger partial charge in [-0.25, -0.2) is 0 Å². The maximum atomic E-state index is 12.7. The Morgan fingerprint density at radius 1 is 0.808 bits per heavy atom. The predicted octanol–water partition coefficient (Wildman–Crippen LogP) is 5.92. The van der Waals surface area contributed by atoms with Crippen LogP contribution in [0.15, 0.2) is 18.2 Å². The fraction of sp³-hybridized carbons (Fsp3) is 0.588. The first-order valence-corrected chi connectivity index (χ1v) is 8.14. The second-order valence-electron chi connectivity index (χ2n) is 5.86. The standard InChI is InChI=1S/C17H20F6O3/c18-16(19,20)12-9-13(17(21,22)23)11-14(10-12)26-8-6-4-2-1-3-5-7-15(24)25/h9-11H,1-8H2,(H,24,25). The number of rotatable bonds is 10. The highest BCUT2D eigenvalue weighted by atomic mass is 19.4. The molecule has 0 fully saturated rings. The highest BCUT2D eigenvalue weighted by Crippen LogP contribution is 2.38. The van der Waals surface area contributed by atoms with Crippen molar-refractivity contribution in [3.63, 3.8) is 0 Å². The van der Waals surface area contributed by atoms with Crippen LogP contribution in [0, 0.1) is 0 Å². The topological polar surface area (TPSA) is 46.5 Å². The van der Waals surface area contributed by atoms with Crippen molar-refractivity contribution in [2.75, 3.05) is 6.61 Å². The summed E-state index contributed by atoms with van der Waals surface area (Å²) in [6.07, 6.45) is -5.56. The third kappa shape index (κ3) is 8.44. The summed E-state index contributed by atoms with van der Waals surface area (Å²) in [5.74, 6) is -1.31. The van der Waals surface area contributed by atoms with E-state index in [-0.39, 0.29) is 19.1 Å². The molecule has 1 aromatic rings. The summed E-state index contributed by atoms with van der Waals surface area (Å²) in [5, 5.41) is 8.48. The molecule has 0 amide bonds. The van der Waals surface area contributed by atoms with Gasteiger partial charge in [0.2, 0.25) is 0 Å². The summed E-state index contributed by atoms with van der Waals surface area (Å²) in [4.78, 5) is 10.3. The van der Waals surface area contributed by atoms with Crippen LogP contribution in [-0.2, 0) is 17.1 Å². The van der Waals surface area contributed by atoms with E-state index in [1.165, 1.54) is 0 Å². The number of ether oxygens (including phenoxy) is 1. The van der Waals surface area contributed by atoms with Crippen molar-refractivity contribution in [1.82, 2.24) is 0 Å². The summed E-state index contributed by atoms with van der Waals surface area (Å²) in [7, 11) is 0. The molecule has 1 rings (SSSR count). The van der Waals surface area contributed by atoms with Crippen LogP contribution >= 0.6 is 0 Å². The van der Waals surface area contributed by atoms with E-state index >= 15 is 0 Å². The smallest absolute Gasteiger partial charge is 0.416 e. The Bertz CT molecular complexity index is 549. The fourth-order valence-corrected chi connectivity index (χ4v) is 2.29. The molecule has 0 unspecified atom stereocenters. The molecule has 0 aliphatic carbocycles. The highest BCUT2D eigenvalue weighted by molar-refractivity contribution is 5.66. The average Bonchev–Trinajstić information content (AvgIpc) is 2.51. The van der Waals surface area contributed by atoms with Crippen LogP contribution in [0.4, 0.5) is 26.3 Å². The highest BCUT2D eigenvalue weighted by Gasteiger charge is 2.37. The van der Waals surface area contributed by atoms with Crippen molar-refractivity contribution >= 4 is 5.97 Å². The molecular formula is C17H20F6O3. The molecule has 0 bridgehead atoms. The number of unbranched alkanes of at least 4 members (excludes halogenated alkanes) is 5. The SMILES string of the molecule is O=C(O)CCCCCCCCOc1cc(C(F)(F)F)cc(C(F)(F)F)c1. The number of hydrogen-bond acceptors (Lipinski definition) is 2. The predicted molar refractivity (Wildman–Crippen MR) is 81.9 cm³/mol. The number of benzene rings is 1. The molecule has 0 aliphatic rings. The molecule has 148 valence electrons. The molecule has 0 aromatic heterocycles. The third-order valence-corrected chi connectivity index (χ3v) is 3.61. The molecule has 0 spiro atoms. The Labute approximate surface area is 147 Å².